The van der Waals surface area contributed by atoms with Crippen LogP contribution in [-0.2, 0) is 0 Å². The van der Waals surface area contributed by atoms with E-state index in [2.05, 4.69) is 10.4 Å². The molecule has 1 aromatic carbocycles. The van der Waals surface area contributed by atoms with Gasteiger partial charge in [-0.25, -0.2) is 9.82 Å². The third kappa shape index (κ3) is 3.77. The molecule has 2 rings (SSSR count). The lowest BCUT2D eigenvalue weighted by atomic mass is 9.99. The molecule has 1 heterocycles. The maximum atomic E-state index is 13.7. The minimum absolute atomic E-state index is 0.251. The van der Waals surface area contributed by atoms with Crippen molar-refractivity contribution in [1.82, 2.24) is 10.4 Å². The van der Waals surface area contributed by atoms with Crippen molar-refractivity contribution in [2.24, 2.45) is 5.84 Å². The topological polar surface area (TPSA) is 60.2 Å². The highest BCUT2D eigenvalue weighted by molar-refractivity contribution is 5.35. The highest BCUT2D eigenvalue weighted by Gasteiger charge is 2.15. The number of nitrogens with zero attached hydrogens (tertiary/aromatic N) is 1. The number of hydrogen-bond donors (Lipinski definition) is 2. The lowest BCUT2D eigenvalue weighted by Gasteiger charge is -2.18. The molecule has 0 aliphatic heterocycles. The molecule has 0 bridgehead atoms. The molecule has 1 atom stereocenters. The second-order valence-electron chi connectivity index (χ2n) is 4.91. The molecule has 0 aliphatic carbocycles. The molecule has 4 nitrogen and oxygen atoms in total. The summed E-state index contributed by atoms with van der Waals surface area (Å²) in [6.07, 6.45) is 4.27. The Bertz CT molecular complexity index is 604. The molecule has 0 aliphatic rings. The van der Waals surface area contributed by atoms with E-state index in [0.29, 0.717) is 17.9 Å². The lowest BCUT2D eigenvalue weighted by molar-refractivity contribution is 0.315. The molecule has 0 radical (unpaired) electrons. The Morgan fingerprint density at radius 2 is 2.10 bits per heavy atom. The number of aryl methyl sites for hydroxylation is 1. The Morgan fingerprint density at radius 3 is 2.76 bits per heavy atom. The van der Waals surface area contributed by atoms with Crippen molar-refractivity contribution in [2.75, 3.05) is 6.61 Å². The van der Waals surface area contributed by atoms with E-state index >= 15 is 0 Å². The van der Waals surface area contributed by atoms with E-state index < -0.39 is 0 Å². The fraction of sp³-hybridized carbons (Fsp3) is 0.312. The summed E-state index contributed by atoms with van der Waals surface area (Å²) in [4.78, 5) is 4.16. The average molecular weight is 289 g/mol. The molecule has 2 aromatic rings. The summed E-state index contributed by atoms with van der Waals surface area (Å²) in [7, 11) is 0. The van der Waals surface area contributed by atoms with Crippen LogP contribution in [0, 0.1) is 12.7 Å². The van der Waals surface area contributed by atoms with Crippen molar-refractivity contribution in [3.8, 4) is 5.75 Å². The van der Waals surface area contributed by atoms with Crippen molar-refractivity contribution in [3.05, 3.63) is 59.2 Å². The van der Waals surface area contributed by atoms with Crippen LogP contribution in [0.15, 0.2) is 36.7 Å². The van der Waals surface area contributed by atoms with Gasteiger partial charge in [-0.05, 0) is 42.2 Å². The number of pyridine rings is 1. The minimum atomic E-state index is -0.335. The van der Waals surface area contributed by atoms with Gasteiger partial charge in [0.05, 0.1) is 18.8 Å². The quantitative estimate of drug-likeness (QED) is 0.634. The number of hydrazine groups is 1. The van der Waals surface area contributed by atoms with Gasteiger partial charge < -0.3 is 4.74 Å². The maximum absolute atomic E-state index is 13.7. The Labute approximate surface area is 124 Å². The summed E-state index contributed by atoms with van der Waals surface area (Å²) < 4.78 is 19.3. The molecule has 0 saturated heterocycles. The summed E-state index contributed by atoms with van der Waals surface area (Å²) in [5.41, 5.74) is 4.88. The Morgan fingerprint density at radius 1 is 1.29 bits per heavy atom. The van der Waals surface area contributed by atoms with E-state index in [1.165, 1.54) is 6.07 Å². The Hall–Kier alpha value is -1.98. The summed E-state index contributed by atoms with van der Waals surface area (Å²) in [5.74, 6) is 6.07. The smallest absolute Gasteiger partial charge is 0.137 e. The number of nitrogens with one attached hydrogen (secondary N) is 1. The molecule has 5 heteroatoms. The first-order valence-corrected chi connectivity index (χ1v) is 6.95. The third-order valence-corrected chi connectivity index (χ3v) is 3.24. The van der Waals surface area contributed by atoms with Gasteiger partial charge in [0, 0.05) is 6.20 Å². The Balaban J connectivity index is 2.30. The number of ether oxygens (including phenoxy) is 1. The first-order valence-electron chi connectivity index (χ1n) is 6.95. The van der Waals surface area contributed by atoms with Gasteiger partial charge in [-0.1, -0.05) is 19.1 Å². The van der Waals surface area contributed by atoms with E-state index in [0.717, 1.165) is 17.5 Å². The largest absolute Gasteiger partial charge is 0.492 e. The summed E-state index contributed by atoms with van der Waals surface area (Å²) in [6.45, 7) is 4.40. The average Bonchev–Trinajstić information content (AvgIpc) is 2.50. The zero-order chi connectivity index (χ0) is 15.2. The van der Waals surface area contributed by atoms with E-state index in [4.69, 9.17) is 10.6 Å². The summed E-state index contributed by atoms with van der Waals surface area (Å²) in [6, 6.07) is 6.60. The van der Waals surface area contributed by atoms with Crippen LogP contribution in [0.4, 0.5) is 4.39 Å². The fourth-order valence-electron chi connectivity index (χ4n) is 2.07. The van der Waals surface area contributed by atoms with Gasteiger partial charge in [0.15, 0.2) is 0 Å². The molecular weight excluding hydrogens is 269 g/mol. The lowest BCUT2D eigenvalue weighted by Crippen LogP contribution is -2.29. The predicted octanol–water partition coefficient (Wildman–Crippen LogP) is 2.87. The van der Waals surface area contributed by atoms with Crippen molar-refractivity contribution < 1.29 is 9.13 Å². The zero-order valence-electron chi connectivity index (χ0n) is 12.3. The number of hydrogen-bond acceptors (Lipinski definition) is 4. The van der Waals surface area contributed by atoms with Crippen molar-refractivity contribution in [1.29, 1.82) is 0 Å². The molecule has 1 aromatic heterocycles. The highest BCUT2D eigenvalue weighted by Crippen LogP contribution is 2.25. The Kier molecular flexibility index (Phi) is 5.25. The van der Waals surface area contributed by atoms with Gasteiger partial charge in [-0.15, -0.1) is 0 Å². The second kappa shape index (κ2) is 7.15. The van der Waals surface area contributed by atoms with E-state index in [9.17, 15) is 4.39 Å². The van der Waals surface area contributed by atoms with Crippen LogP contribution in [0.5, 0.6) is 5.75 Å². The first-order chi connectivity index (χ1) is 10.2. The van der Waals surface area contributed by atoms with Crippen LogP contribution >= 0.6 is 0 Å². The number of aromatic nitrogens is 1. The van der Waals surface area contributed by atoms with Crippen molar-refractivity contribution in [3.63, 3.8) is 0 Å². The number of nitrogens with two attached hydrogens (primary N) is 1. The van der Waals surface area contributed by atoms with Gasteiger partial charge in [-0.2, -0.15) is 0 Å². The molecule has 0 fully saturated rings. The third-order valence-electron chi connectivity index (χ3n) is 3.24. The molecule has 21 heavy (non-hydrogen) atoms. The van der Waals surface area contributed by atoms with Crippen molar-refractivity contribution in [2.45, 2.75) is 26.3 Å². The van der Waals surface area contributed by atoms with Crippen LogP contribution in [0.2, 0.25) is 0 Å². The highest BCUT2D eigenvalue weighted by atomic mass is 19.1. The van der Waals surface area contributed by atoms with Crippen LogP contribution < -0.4 is 16.0 Å². The van der Waals surface area contributed by atoms with Gasteiger partial charge in [0.1, 0.15) is 11.6 Å². The van der Waals surface area contributed by atoms with Crippen LogP contribution in [0.25, 0.3) is 0 Å². The van der Waals surface area contributed by atoms with Gasteiger partial charge in [0.25, 0.3) is 0 Å². The number of halogens is 1. The monoisotopic (exact) mass is 289 g/mol. The predicted molar refractivity (Wildman–Crippen MR) is 80.3 cm³/mol. The number of rotatable bonds is 6. The summed E-state index contributed by atoms with van der Waals surface area (Å²) >= 11 is 0. The molecule has 112 valence electrons. The first kappa shape index (κ1) is 15.4. The standard InChI is InChI=1S/C16H20FN3O/c1-3-6-21-14-7-13(9-19-10-14)16(20-18)12-5-4-11(2)15(17)8-12/h4-5,7-10,16,20H,3,6,18H2,1-2H3. The molecule has 3 N–H and O–H groups in total. The second-order valence-corrected chi connectivity index (χ2v) is 4.91. The molecule has 0 saturated carbocycles. The molecule has 1 unspecified atom stereocenters. The van der Waals surface area contributed by atoms with E-state index in [-0.39, 0.29) is 11.9 Å². The minimum Gasteiger partial charge on any atom is -0.492 e. The van der Waals surface area contributed by atoms with Crippen LogP contribution in [0.1, 0.15) is 36.1 Å². The van der Waals surface area contributed by atoms with E-state index in [1.807, 2.05) is 19.1 Å². The van der Waals surface area contributed by atoms with E-state index in [1.54, 1.807) is 25.4 Å². The van der Waals surface area contributed by atoms with Gasteiger partial charge in [-0.3, -0.25) is 10.8 Å². The zero-order valence-corrected chi connectivity index (χ0v) is 12.3. The number of benzene rings is 1. The van der Waals surface area contributed by atoms with Crippen LogP contribution in [0.3, 0.4) is 0 Å². The molecular formula is C16H20FN3O. The maximum Gasteiger partial charge on any atom is 0.137 e. The summed E-state index contributed by atoms with van der Waals surface area (Å²) in [5, 5.41) is 0. The van der Waals surface area contributed by atoms with Gasteiger partial charge in [0.2, 0.25) is 0 Å². The normalized spacial score (nSPS) is 12.2. The molecule has 0 amide bonds. The van der Waals surface area contributed by atoms with Crippen molar-refractivity contribution >= 4 is 0 Å². The van der Waals surface area contributed by atoms with Gasteiger partial charge >= 0.3 is 0 Å². The SMILES string of the molecule is CCCOc1cncc(C(NN)c2ccc(C)c(F)c2)c1. The molecule has 0 spiro atoms. The fourth-order valence-corrected chi connectivity index (χ4v) is 2.07. The van der Waals surface area contributed by atoms with Crippen LogP contribution in [-0.4, -0.2) is 11.6 Å².